The van der Waals surface area contributed by atoms with E-state index in [0.717, 1.165) is 32.1 Å². The van der Waals surface area contributed by atoms with Gasteiger partial charge in [-0.1, -0.05) is 0 Å². The monoisotopic (exact) mass is 375 g/mol. The summed E-state index contributed by atoms with van der Waals surface area (Å²) in [5.74, 6) is 0.630. The third-order valence-electron chi connectivity index (χ3n) is 6.56. The third kappa shape index (κ3) is 3.21. The Hall–Kier alpha value is -2.38. The first-order valence-electron chi connectivity index (χ1n) is 9.52. The zero-order chi connectivity index (χ0) is 19.2. The molecule has 8 nitrogen and oxygen atoms in total. The smallest absolute Gasteiger partial charge is 0.328 e. The lowest BCUT2D eigenvalue weighted by Crippen LogP contribution is -2.65. The number of esters is 1. The maximum Gasteiger partial charge on any atom is 0.328 e. The standard InChI is InChI=1S/C19H25N3O5/c1-27-16(25)18-7-12-6-13(8-18)10-19(9-12,11-18)21-15(24)3-5-22-4-2-14(23)20-17(22)26/h2,4,12-13H,3,5-11H2,1H3,(H,21,24)(H,20,23,26). The second-order valence-electron chi connectivity index (χ2n) is 8.61. The highest BCUT2D eigenvalue weighted by Gasteiger charge is 2.61. The van der Waals surface area contributed by atoms with Gasteiger partial charge in [0.15, 0.2) is 0 Å². The second kappa shape index (κ2) is 6.35. The number of amides is 1. The number of H-pyrrole nitrogens is 1. The number of hydrogen-bond donors (Lipinski definition) is 2. The van der Waals surface area contributed by atoms with E-state index in [9.17, 15) is 19.2 Å². The molecule has 2 unspecified atom stereocenters. The quantitative estimate of drug-likeness (QED) is 0.731. The zero-order valence-corrected chi connectivity index (χ0v) is 15.5. The number of carbonyl (C=O) groups is 2. The van der Waals surface area contributed by atoms with Crippen LogP contribution in [0.5, 0.6) is 0 Å². The number of nitrogens with one attached hydrogen (secondary N) is 2. The maximum absolute atomic E-state index is 12.6. The van der Waals surface area contributed by atoms with E-state index in [1.54, 1.807) is 0 Å². The van der Waals surface area contributed by atoms with Crippen LogP contribution in [0.3, 0.4) is 0 Å². The van der Waals surface area contributed by atoms with E-state index in [1.165, 1.54) is 23.9 Å². The van der Waals surface area contributed by atoms with Gasteiger partial charge in [0.1, 0.15) is 0 Å². The molecular formula is C19H25N3O5. The van der Waals surface area contributed by atoms with Crippen LogP contribution in [-0.2, 0) is 20.9 Å². The average molecular weight is 375 g/mol. The molecule has 0 saturated heterocycles. The van der Waals surface area contributed by atoms with Crippen molar-refractivity contribution < 1.29 is 14.3 Å². The lowest BCUT2D eigenvalue weighted by atomic mass is 9.47. The molecule has 4 fully saturated rings. The summed E-state index contributed by atoms with van der Waals surface area (Å²) in [7, 11) is 1.44. The number of nitrogens with zero attached hydrogens (tertiary/aromatic N) is 1. The fourth-order valence-electron chi connectivity index (χ4n) is 6.06. The summed E-state index contributed by atoms with van der Waals surface area (Å²) < 4.78 is 6.41. The van der Waals surface area contributed by atoms with Crippen LogP contribution < -0.4 is 16.6 Å². The van der Waals surface area contributed by atoms with Gasteiger partial charge in [-0.3, -0.25) is 19.4 Å². The van der Waals surface area contributed by atoms with Crippen LogP contribution in [0.1, 0.15) is 44.9 Å². The Morgan fingerprint density at radius 1 is 1.26 bits per heavy atom. The van der Waals surface area contributed by atoms with Gasteiger partial charge >= 0.3 is 11.7 Å². The van der Waals surface area contributed by atoms with Crippen molar-refractivity contribution in [1.29, 1.82) is 0 Å². The molecule has 1 aromatic rings. The van der Waals surface area contributed by atoms with Crippen LogP contribution >= 0.6 is 0 Å². The Labute approximate surface area is 156 Å². The topological polar surface area (TPSA) is 110 Å². The highest BCUT2D eigenvalue weighted by Crippen LogP contribution is 2.62. The molecule has 8 heteroatoms. The Morgan fingerprint density at radius 3 is 2.59 bits per heavy atom. The summed E-state index contributed by atoms with van der Waals surface area (Å²) in [5, 5.41) is 3.20. The summed E-state index contributed by atoms with van der Waals surface area (Å²) >= 11 is 0. The molecule has 0 aliphatic heterocycles. The molecule has 4 aliphatic rings. The number of aryl methyl sites for hydroxylation is 1. The van der Waals surface area contributed by atoms with Crippen LogP contribution in [0.25, 0.3) is 0 Å². The van der Waals surface area contributed by atoms with Crippen molar-refractivity contribution in [1.82, 2.24) is 14.9 Å². The first-order valence-corrected chi connectivity index (χ1v) is 9.52. The molecule has 0 aromatic carbocycles. The zero-order valence-electron chi connectivity index (χ0n) is 15.5. The van der Waals surface area contributed by atoms with Crippen molar-refractivity contribution in [2.75, 3.05) is 7.11 Å². The molecule has 2 atom stereocenters. The van der Waals surface area contributed by atoms with Gasteiger partial charge in [-0.15, -0.1) is 0 Å². The average Bonchev–Trinajstić information content (AvgIpc) is 2.58. The van der Waals surface area contributed by atoms with Crippen molar-refractivity contribution in [3.8, 4) is 0 Å². The van der Waals surface area contributed by atoms with Gasteiger partial charge in [-0.2, -0.15) is 0 Å². The van der Waals surface area contributed by atoms with Crippen LogP contribution in [0, 0.1) is 17.3 Å². The number of methoxy groups -OCH3 is 1. The summed E-state index contributed by atoms with van der Waals surface area (Å²) in [4.78, 5) is 50.1. The molecular weight excluding hydrogens is 350 g/mol. The summed E-state index contributed by atoms with van der Waals surface area (Å²) in [6, 6.07) is 1.26. The van der Waals surface area contributed by atoms with E-state index < -0.39 is 16.7 Å². The summed E-state index contributed by atoms with van der Waals surface area (Å²) in [6.45, 7) is 0.201. The summed E-state index contributed by atoms with van der Waals surface area (Å²) in [5.41, 5.74) is -1.77. The van der Waals surface area contributed by atoms with Crippen molar-refractivity contribution in [2.24, 2.45) is 17.3 Å². The fraction of sp³-hybridized carbons (Fsp3) is 0.684. The molecule has 2 N–H and O–H groups in total. The normalized spacial score (nSPS) is 33.7. The van der Waals surface area contributed by atoms with Gasteiger partial charge in [0.2, 0.25) is 5.91 Å². The Balaban J connectivity index is 1.45. The van der Waals surface area contributed by atoms with Gasteiger partial charge in [-0.05, 0) is 50.4 Å². The van der Waals surface area contributed by atoms with E-state index in [1.807, 2.05) is 0 Å². The first-order chi connectivity index (χ1) is 12.8. The number of hydrogen-bond acceptors (Lipinski definition) is 5. The molecule has 4 aliphatic carbocycles. The van der Waals surface area contributed by atoms with Crippen molar-refractivity contribution in [3.05, 3.63) is 33.1 Å². The number of carbonyl (C=O) groups excluding carboxylic acids is 2. The van der Waals surface area contributed by atoms with Gasteiger partial charge < -0.3 is 14.6 Å². The molecule has 0 radical (unpaired) electrons. The maximum atomic E-state index is 12.6. The van der Waals surface area contributed by atoms with Crippen LogP contribution in [-0.4, -0.2) is 34.1 Å². The van der Waals surface area contributed by atoms with Gasteiger partial charge in [0, 0.05) is 30.8 Å². The molecule has 1 amide bonds. The highest BCUT2D eigenvalue weighted by atomic mass is 16.5. The molecule has 4 saturated carbocycles. The molecule has 5 rings (SSSR count). The minimum atomic E-state index is -0.519. The number of aromatic amines is 1. The number of aromatic nitrogens is 2. The SMILES string of the molecule is COC(=O)C12CC3CC(CC(NC(=O)CCn4ccc(=O)[nH]c4=O)(C3)C1)C2. The lowest BCUT2D eigenvalue weighted by molar-refractivity contribution is -0.173. The predicted molar refractivity (Wildman–Crippen MR) is 95.9 cm³/mol. The van der Waals surface area contributed by atoms with Crippen LogP contribution in [0.4, 0.5) is 0 Å². The first kappa shape index (κ1) is 18.0. The van der Waals surface area contributed by atoms with Crippen LogP contribution in [0.2, 0.25) is 0 Å². The van der Waals surface area contributed by atoms with Gasteiger partial charge in [0.25, 0.3) is 5.56 Å². The van der Waals surface area contributed by atoms with Gasteiger partial charge in [0.05, 0.1) is 12.5 Å². The predicted octanol–water partition coefficient (Wildman–Crippen LogP) is 0.555. The molecule has 4 bridgehead atoms. The fourth-order valence-corrected chi connectivity index (χ4v) is 6.06. The van der Waals surface area contributed by atoms with Crippen molar-refractivity contribution in [2.45, 2.75) is 57.0 Å². The van der Waals surface area contributed by atoms with Crippen molar-refractivity contribution in [3.63, 3.8) is 0 Å². The molecule has 1 aromatic heterocycles. The number of rotatable bonds is 5. The van der Waals surface area contributed by atoms with Crippen molar-refractivity contribution >= 4 is 11.9 Å². The van der Waals surface area contributed by atoms with E-state index in [0.29, 0.717) is 18.3 Å². The second-order valence-corrected chi connectivity index (χ2v) is 8.61. The molecule has 146 valence electrons. The van der Waals surface area contributed by atoms with E-state index in [2.05, 4.69) is 10.3 Å². The largest absolute Gasteiger partial charge is 0.469 e. The third-order valence-corrected chi connectivity index (χ3v) is 6.56. The van der Waals surface area contributed by atoms with E-state index in [-0.39, 0.29) is 30.4 Å². The minimum Gasteiger partial charge on any atom is -0.469 e. The lowest BCUT2D eigenvalue weighted by Gasteiger charge is -2.60. The number of ether oxygens (including phenoxy) is 1. The van der Waals surface area contributed by atoms with E-state index in [4.69, 9.17) is 4.74 Å². The molecule has 0 spiro atoms. The van der Waals surface area contributed by atoms with Gasteiger partial charge in [-0.25, -0.2) is 4.79 Å². The Kier molecular flexibility index (Phi) is 4.24. The summed E-state index contributed by atoms with van der Waals surface area (Å²) in [6.07, 6.45) is 6.85. The Bertz CT molecular complexity index is 872. The van der Waals surface area contributed by atoms with E-state index >= 15 is 0 Å². The van der Waals surface area contributed by atoms with Crippen LogP contribution in [0.15, 0.2) is 21.9 Å². The Morgan fingerprint density at radius 2 is 1.96 bits per heavy atom. The molecule has 27 heavy (non-hydrogen) atoms. The minimum absolute atomic E-state index is 0.130. The highest BCUT2D eigenvalue weighted by molar-refractivity contribution is 5.79. The molecule has 1 heterocycles.